The lowest BCUT2D eigenvalue weighted by molar-refractivity contribution is -0.133. The fraction of sp³-hybridized carbons (Fsp3) is 0.250. The third kappa shape index (κ3) is 3.55. The summed E-state index contributed by atoms with van der Waals surface area (Å²) in [6.07, 6.45) is 2.51. The highest BCUT2D eigenvalue weighted by molar-refractivity contribution is 5.88. The van der Waals surface area contributed by atoms with Gasteiger partial charge in [-0.1, -0.05) is 12.2 Å². The van der Waals surface area contributed by atoms with Crippen LogP contribution >= 0.6 is 0 Å². The number of carboxylic acids is 2. The highest BCUT2D eigenvalue weighted by atomic mass is 16.4. The van der Waals surface area contributed by atoms with Crippen molar-refractivity contribution < 1.29 is 19.8 Å². The van der Waals surface area contributed by atoms with Gasteiger partial charge in [-0.25, -0.2) is 9.59 Å². The molecule has 0 spiro atoms. The molecule has 0 unspecified atom stereocenters. The SMILES string of the molecule is CC(=CC=C(C)C(=O)O)C(=O)O. The smallest absolute Gasteiger partial charge is 0.331 e. The number of rotatable bonds is 3. The van der Waals surface area contributed by atoms with Gasteiger partial charge in [0.25, 0.3) is 0 Å². The van der Waals surface area contributed by atoms with Crippen LogP contribution in [0.2, 0.25) is 0 Å². The molecule has 0 atom stereocenters. The summed E-state index contributed by atoms with van der Waals surface area (Å²) in [4.78, 5) is 20.5. The molecule has 4 nitrogen and oxygen atoms in total. The van der Waals surface area contributed by atoms with Crippen molar-refractivity contribution in [2.45, 2.75) is 13.8 Å². The normalized spacial score (nSPS) is 12.8. The molecule has 12 heavy (non-hydrogen) atoms. The summed E-state index contributed by atoms with van der Waals surface area (Å²) in [6, 6.07) is 0. The summed E-state index contributed by atoms with van der Waals surface area (Å²) in [6.45, 7) is 2.79. The lowest BCUT2D eigenvalue weighted by Gasteiger charge is -1.90. The van der Waals surface area contributed by atoms with Gasteiger partial charge in [-0.05, 0) is 13.8 Å². The minimum Gasteiger partial charge on any atom is -0.478 e. The highest BCUT2D eigenvalue weighted by Crippen LogP contribution is 1.97. The Morgan fingerprint density at radius 1 is 0.917 bits per heavy atom. The second-order valence-corrected chi connectivity index (χ2v) is 2.31. The van der Waals surface area contributed by atoms with Crippen molar-refractivity contribution in [2.24, 2.45) is 0 Å². The Morgan fingerprint density at radius 3 is 1.33 bits per heavy atom. The predicted octanol–water partition coefficient (Wildman–Crippen LogP) is 1.05. The van der Waals surface area contributed by atoms with Crippen molar-refractivity contribution in [1.82, 2.24) is 0 Å². The number of hydrogen-bond acceptors (Lipinski definition) is 2. The van der Waals surface area contributed by atoms with E-state index < -0.39 is 11.9 Å². The van der Waals surface area contributed by atoms with E-state index in [1.165, 1.54) is 26.0 Å². The Kier molecular flexibility index (Phi) is 3.76. The Bertz CT molecular complexity index is 232. The minimum atomic E-state index is -1.05. The molecule has 0 aliphatic heterocycles. The molecule has 4 heteroatoms. The lowest BCUT2D eigenvalue weighted by atomic mass is 10.2. The molecular formula is C8H10O4. The molecule has 0 saturated carbocycles. The number of hydrogen-bond donors (Lipinski definition) is 2. The fourth-order valence-corrected chi connectivity index (χ4v) is 0.393. The topological polar surface area (TPSA) is 74.6 Å². The Hall–Kier alpha value is -1.58. The standard InChI is InChI=1S/C8H10O4/c1-5(7(9)10)3-4-6(2)8(11)12/h3-4H,1-2H3,(H,9,10)(H,11,12). The third-order valence-electron chi connectivity index (χ3n) is 1.26. The maximum atomic E-state index is 10.2. The summed E-state index contributed by atoms with van der Waals surface area (Å²) < 4.78 is 0. The van der Waals surface area contributed by atoms with E-state index >= 15 is 0 Å². The zero-order valence-corrected chi connectivity index (χ0v) is 6.87. The molecule has 0 bridgehead atoms. The van der Waals surface area contributed by atoms with Crippen LogP contribution in [0.3, 0.4) is 0 Å². The molecule has 0 aromatic heterocycles. The first-order valence-electron chi connectivity index (χ1n) is 3.27. The molecule has 0 aliphatic rings. The molecule has 0 saturated heterocycles. The van der Waals surface area contributed by atoms with Crippen LogP contribution in [0.4, 0.5) is 0 Å². The number of carboxylic acid groups (broad SMARTS) is 2. The van der Waals surface area contributed by atoms with E-state index in [0.29, 0.717) is 0 Å². The van der Waals surface area contributed by atoms with E-state index in [9.17, 15) is 9.59 Å². The zero-order chi connectivity index (χ0) is 9.72. The molecule has 0 amide bonds. The number of aliphatic carboxylic acids is 2. The maximum absolute atomic E-state index is 10.2. The first-order chi connectivity index (χ1) is 5.45. The van der Waals surface area contributed by atoms with Crippen LogP contribution in [0.15, 0.2) is 23.3 Å². The van der Waals surface area contributed by atoms with Gasteiger partial charge in [0.05, 0.1) is 0 Å². The Balaban J connectivity index is 4.48. The first-order valence-corrected chi connectivity index (χ1v) is 3.27. The molecular weight excluding hydrogens is 160 g/mol. The van der Waals surface area contributed by atoms with Crippen molar-refractivity contribution >= 4 is 11.9 Å². The van der Waals surface area contributed by atoms with E-state index in [1.54, 1.807) is 0 Å². The summed E-state index contributed by atoms with van der Waals surface area (Å²) >= 11 is 0. The Labute approximate surface area is 69.8 Å². The van der Waals surface area contributed by atoms with Gasteiger partial charge in [-0.3, -0.25) is 0 Å². The van der Waals surface area contributed by atoms with Gasteiger partial charge >= 0.3 is 11.9 Å². The van der Waals surface area contributed by atoms with Gasteiger partial charge < -0.3 is 10.2 Å². The molecule has 0 aliphatic carbocycles. The fourth-order valence-electron chi connectivity index (χ4n) is 0.393. The van der Waals surface area contributed by atoms with Crippen LogP contribution in [-0.2, 0) is 9.59 Å². The van der Waals surface area contributed by atoms with Crippen molar-refractivity contribution in [2.75, 3.05) is 0 Å². The van der Waals surface area contributed by atoms with Crippen LogP contribution in [0, 0.1) is 0 Å². The second-order valence-electron chi connectivity index (χ2n) is 2.31. The summed E-state index contributed by atoms with van der Waals surface area (Å²) in [7, 11) is 0. The van der Waals surface area contributed by atoms with Crippen molar-refractivity contribution in [3.05, 3.63) is 23.3 Å². The van der Waals surface area contributed by atoms with Crippen LogP contribution in [0.25, 0.3) is 0 Å². The molecule has 66 valence electrons. The lowest BCUT2D eigenvalue weighted by Crippen LogP contribution is -1.97. The summed E-state index contributed by atoms with van der Waals surface area (Å²) in [5, 5.41) is 16.8. The van der Waals surface area contributed by atoms with E-state index in [2.05, 4.69) is 0 Å². The van der Waals surface area contributed by atoms with Crippen molar-refractivity contribution in [3.63, 3.8) is 0 Å². The van der Waals surface area contributed by atoms with Crippen molar-refractivity contribution in [1.29, 1.82) is 0 Å². The summed E-state index contributed by atoms with van der Waals surface area (Å²) in [5.41, 5.74) is 0.214. The predicted molar refractivity (Wildman–Crippen MR) is 42.8 cm³/mol. The largest absolute Gasteiger partial charge is 0.478 e. The van der Waals surface area contributed by atoms with Gasteiger partial charge in [0, 0.05) is 11.1 Å². The van der Waals surface area contributed by atoms with Crippen LogP contribution in [0.5, 0.6) is 0 Å². The van der Waals surface area contributed by atoms with E-state index in [1.807, 2.05) is 0 Å². The molecule has 0 rings (SSSR count). The maximum Gasteiger partial charge on any atom is 0.331 e. The average molecular weight is 170 g/mol. The van der Waals surface area contributed by atoms with Gasteiger partial charge in [0.15, 0.2) is 0 Å². The highest BCUT2D eigenvalue weighted by Gasteiger charge is 1.99. The molecule has 2 N–H and O–H groups in total. The molecule has 0 aromatic carbocycles. The van der Waals surface area contributed by atoms with E-state index in [0.717, 1.165) is 0 Å². The number of allylic oxidation sites excluding steroid dienone is 2. The molecule has 0 radical (unpaired) electrons. The Morgan fingerprint density at radius 2 is 1.17 bits per heavy atom. The van der Waals surface area contributed by atoms with Crippen LogP contribution < -0.4 is 0 Å². The summed E-state index contributed by atoms with van der Waals surface area (Å²) in [5.74, 6) is -2.10. The van der Waals surface area contributed by atoms with Gasteiger partial charge in [-0.2, -0.15) is 0 Å². The zero-order valence-electron chi connectivity index (χ0n) is 6.87. The third-order valence-corrected chi connectivity index (χ3v) is 1.26. The van der Waals surface area contributed by atoms with Crippen LogP contribution in [-0.4, -0.2) is 22.2 Å². The van der Waals surface area contributed by atoms with Crippen molar-refractivity contribution in [3.8, 4) is 0 Å². The van der Waals surface area contributed by atoms with Gasteiger partial charge in [0.1, 0.15) is 0 Å². The minimum absolute atomic E-state index is 0.107. The monoisotopic (exact) mass is 170 g/mol. The van der Waals surface area contributed by atoms with E-state index in [4.69, 9.17) is 10.2 Å². The molecule has 0 aromatic rings. The molecule has 0 fully saturated rings. The quantitative estimate of drug-likeness (QED) is 0.490. The second kappa shape index (κ2) is 4.33. The number of carbonyl (C=O) groups is 2. The van der Waals surface area contributed by atoms with Gasteiger partial charge in [0.2, 0.25) is 0 Å². The van der Waals surface area contributed by atoms with E-state index in [-0.39, 0.29) is 11.1 Å². The first kappa shape index (κ1) is 10.4. The van der Waals surface area contributed by atoms with Gasteiger partial charge in [-0.15, -0.1) is 0 Å². The average Bonchev–Trinajstić information content (AvgIpc) is 1.98. The van der Waals surface area contributed by atoms with Crippen LogP contribution in [0.1, 0.15) is 13.8 Å². The molecule has 0 heterocycles.